The van der Waals surface area contributed by atoms with Crippen LogP contribution in [0.3, 0.4) is 0 Å². The van der Waals surface area contributed by atoms with Crippen molar-refractivity contribution in [1.29, 1.82) is 0 Å². The average molecular weight is 168 g/mol. The summed E-state index contributed by atoms with van der Waals surface area (Å²) in [7, 11) is 0. The normalized spacial score (nSPS) is 16.3. The van der Waals surface area contributed by atoms with E-state index in [0.717, 1.165) is 18.6 Å². The first-order chi connectivity index (χ1) is 5.29. The van der Waals surface area contributed by atoms with Gasteiger partial charge in [0.05, 0.1) is 0 Å². The van der Waals surface area contributed by atoms with Crippen molar-refractivity contribution in [2.75, 3.05) is 5.75 Å². The maximum absolute atomic E-state index is 10.6. The van der Waals surface area contributed by atoms with Crippen LogP contribution in [0.4, 0.5) is 0 Å². The third-order valence-corrected chi connectivity index (χ3v) is 2.47. The minimum atomic E-state index is 0.209. The number of hydrogen-bond donors (Lipinski definition) is 0. The average Bonchev–Trinajstić information content (AvgIpc) is 2.03. The molecule has 0 fully saturated rings. The summed E-state index contributed by atoms with van der Waals surface area (Å²) in [5.41, 5.74) is 1.38. The number of carbonyl (C=O) groups is 1. The first-order valence-corrected chi connectivity index (χ1v) is 4.74. The van der Waals surface area contributed by atoms with Gasteiger partial charge in [-0.2, -0.15) is 0 Å². The summed E-state index contributed by atoms with van der Waals surface area (Å²) in [5, 5.41) is 0.209. The lowest BCUT2D eigenvalue weighted by molar-refractivity contribution is -0.109. The van der Waals surface area contributed by atoms with Gasteiger partial charge in [-0.25, -0.2) is 0 Å². The van der Waals surface area contributed by atoms with Crippen molar-refractivity contribution in [2.24, 2.45) is 0 Å². The molecular formula is C9H12OS. The summed E-state index contributed by atoms with van der Waals surface area (Å²) >= 11 is 1.40. The topological polar surface area (TPSA) is 17.1 Å². The minimum Gasteiger partial charge on any atom is -0.288 e. The second-order valence-electron chi connectivity index (χ2n) is 2.55. The summed E-state index contributed by atoms with van der Waals surface area (Å²) in [6, 6.07) is 0. The molecule has 1 nitrogen and oxygen atoms in total. The van der Waals surface area contributed by atoms with E-state index >= 15 is 0 Å². The van der Waals surface area contributed by atoms with E-state index in [-0.39, 0.29) is 5.12 Å². The highest BCUT2D eigenvalue weighted by molar-refractivity contribution is 8.13. The molecule has 1 aliphatic carbocycles. The van der Waals surface area contributed by atoms with Gasteiger partial charge >= 0.3 is 0 Å². The minimum absolute atomic E-state index is 0.209. The van der Waals surface area contributed by atoms with E-state index in [1.807, 2.05) is 0 Å². The van der Waals surface area contributed by atoms with Gasteiger partial charge in [0, 0.05) is 12.7 Å². The lowest BCUT2D eigenvalue weighted by Crippen LogP contribution is -1.92. The van der Waals surface area contributed by atoms with Crippen molar-refractivity contribution in [3.8, 4) is 0 Å². The van der Waals surface area contributed by atoms with Gasteiger partial charge in [-0.1, -0.05) is 35.6 Å². The van der Waals surface area contributed by atoms with Gasteiger partial charge in [-0.05, 0) is 12.8 Å². The molecule has 0 saturated carbocycles. The van der Waals surface area contributed by atoms with E-state index in [0.29, 0.717) is 0 Å². The summed E-state index contributed by atoms with van der Waals surface area (Å²) in [5.74, 6) is 0.875. The van der Waals surface area contributed by atoms with Gasteiger partial charge in [0.2, 0.25) is 0 Å². The molecule has 0 aromatic rings. The van der Waals surface area contributed by atoms with E-state index in [9.17, 15) is 4.79 Å². The lowest BCUT2D eigenvalue weighted by Gasteiger charge is -2.05. The van der Waals surface area contributed by atoms with Gasteiger partial charge in [0.15, 0.2) is 5.12 Å². The standard InChI is InChI=1S/C9H12OS/c1-8(10)11-7-9-5-3-2-4-6-9/h2-3,6H,4-5,7H2,1H3. The Morgan fingerprint density at radius 3 is 3.00 bits per heavy atom. The van der Waals surface area contributed by atoms with E-state index < -0.39 is 0 Å². The van der Waals surface area contributed by atoms with Crippen molar-refractivity contribution < 1.29 is 4.79 Å². The highest BCUT2D eigenvalue weighted by atomic mass is 32.2. The maximum Gasteiger partial charge on any atom is 0.186 e. The monoisotopic (exact) mass is 168 g/mol. The van der Waals surface area contributed by atoms with Crippen LogP contribution in [0.1, 0.15) is 19.8 Å². The SMILES string of the molecule is CC(=O)SCC1=CCC=CC1. The van der Waals surface area contributed by atoms with E-state index in [4.69, 9.17) is 0 Å². The highest BCUT2D eigenvalue weighted by Crippen LogP contribution is 2.16. The zero-order valence-electron chi connectivity index (χ0n) is 6.67. The summed E-state index contributed by atoms with van der Waals surface area (Å²) < 4.78 is 0. The first-order valence-electron chi connectivity index (χ1n) is 3.75. The molecule has 0 N–H and O–H groups in total. The Labute approximate surface area is 71.6 Å². The van der Waals surface area contributed by atoms with Crippen LogP contribution < -0.4 is 0 Å². The Morgan fingerprint density at radius 2 is 2.45 bits per heavy atom. The maximum atomic E-state index is 10.6. The van der Waals surface area contributed by atoms with Crippen LogP contribution in [0.2, 0.25) is 0 Å². The lowest BCUT2D eigenvalue weighted by atomic mass is 10.1. The molecule has 0 bridgehead atoms. The Morgan fingerprint density at radius 1 is 1.64 bits per heavy atom. The molecule has 2 heteroatoms. The van der Waals surface area contributed by atoms with Crippen LogP contribution in [-0.2, 0) is 4.79 Å². The number of carbonyl (C=O) groups excluding carboxylic acids is 1. The van der Waals surface area contributed by atoms with Crippen molar-refractivity contribution in [1.82, 2.24) is 0 Å². The summed E-state index contributed by atoms with van der Waals surface area (Å²) in [6.07, 6.45) is 8.59. The Hall–Kier alpha value is -0.500. The van der Waals surface area contributed by atoms with Crippen molar-refractivity contribution >= 4 is 16.9 Å². The molecule has 0 aliphatic heterocycles. The van der Waals surface area contributed by atoms with Crippen LogP contribution in [0, 0.1) is 0 Å². The van der Waals surface area contributed by atoms with Gasteiger partial charge in [0.1, 0.15) is 0 Å². The van der Waals surface area contributed by atoms with Gasteiger partial charge in [-0.3, -0.25) is 4.79 Å². The van der Waals surface area contributed by atoms with Gasteiger partial charge in [0.25, 0.3) is 0 Å². The molecule has 0 atom stereocenters. The largest absolute Gasteiger partial charge is 0.288 e. The molecule has 1 aliphatic rings. The molecular weight excluding hydrogens is 156 g/mol. The molecule has 11 heavy (non-hydrogen) atoms. The van der Waals surface area contributed by atoms with Crippen LogP contribution >= 0.6 is 11.8 Å². The molecule has 60 valence electrons. The van der Waals surface area contributed by atoms with Crippen LogP contribution in [0.15, 0.2) is 23.8 Å². The fourth-order valence-corrected chi connectivity index (χ4v) is 1.59. The third-order valence-electron chi connectivity index (χ3n) is 1.55. The number of thioether (sulfide) groups is 1. The van der Waals surface area contributed by atoms with Crippen molar-refractivity contribution in [3.63, 3.8) is 0 Å². The smallest absolute Gasteiger partial charge is 0.186 e. The van der Waals surface area contributed by atoms with Gasteiger partial charge in [-0.15, -0.1) is 0 Å². The molecule has 0 spiro atoms. The fraction of sp³-hybridized carbons (Fsp3) is 0.444. The molecule has 0 radical (unpaired) electrons. The zero-order chi connectivity index (χ0) is 8.10. The number of rotatable bonds is 2. The van der Waals surface area contributed by atoms with E-state index in [1.165, 1.54) is 17.3 Å². The molecule has 0 unspecified atom stereocenters. The molecule has 0 heterocycles. The zero-order valence-corrected chi connectivity index (χ0v) is 7.49. The summed E-state index contributed by atoms with van der Waals surface area (Å²) in [4.78, 5) is 10.6. The van der Waals surface area contributed by atoms with E-state index in [2.05, 4.69) is 18.2 Å². The van der Waals surface area contributed by atoms with Crippen molar-refractivity contribution in [3.05, 3.63) is 23.8 Å². The predicted molar refractivity (Wildman–Crippen MR) is 49.6 cm³/mol. The van der Waals surface area contributed by atoms with Crippen molar-refractivity contribution in [2.45, 2.75) is 19.8 Å². The Bertz CT molecular complexity index is 204. The third kappa shape index (κ3) is 3.42. The van der Waals surface area contributed by atoms with Crippen LogP contribution in [0.5, 0.6) is 0 Å². The predicted octanol–water partition coefficient (Wildman–Crippen LogP) is 2.54. The molecule has 0 amide bonds. The second-order valence-corrected chi connectivity index (χ2v) is 3.71. The van der Waals surface area contributed by atoms with E-state index in [1.54, 1.807) is 6.92 Å². The summed E-state index contributed by atoms with van der Waals surface area (Å²) in [6.45, 7) is 1.61. The fourth-order valence-electron chi connectivity index (χ4n) is 0.961. The Balaban J connectivity index is 2.26. The highest BCUT2D eigenvalue weighted by Gasteiger charge is 2.00. The first kappa shape index (κ1) is 8.60. The Kier molecular flexibility index (Phi) is 3.43. The van der Waals surface area contributed by atoms with Crippen LogP contribution in [0.25, 0.3) is 0 Å². The van der Waals surface area contributed by atoms with Crippen LogP contribution in [-0.4, -0.2) is 10.9 Å². The number of allylic oxidation sites excluding steroid dienone is 3. The van der Waals surface area contributed by atoms with Gasteiger partial charge < -0.3 is 0 Å². The molecule has 0 saturated heterocycles. The molecule has 1 rings (SSSR count). The second kappa shape index (κ2) is 4.39. The number of hydrogen-bond acceptors (Lipinski definition) is 2. The molecule has 0 aromatic heterocycles. The quantitative estimate of drug-likeness (QED) is 0.589. The molecule has 0 aromatic carbocycles.